The molecule has 1 aliphatic rings. The van der Waals surface area contributed by atoms with E-state index in [1.54, 1.807) is 48.5 Å². The van der Waals surface area contributed by atoms with E-state index in [9.17, 15) is 13.2 Å². The molecular weight excluding hydrogens is 501 g/mol. The Morgan fingerprint density at radius 3 is 2.10 bits per heavy atom. The summed E-state index contributed by atoms with van der Waals surface area (Å²) in [4.78, 5) is 0. The minimum atomic E-state index is -0.874. The average Bonchev–Trinajstić information content (AvgIpc) is 2.96. The molecule has 0 heterocycles. The molecule has 6 heteroatoms. The Kier molecular flexibility index (Phi) is 10.7. The Labute approximate surface area is 230 Å². The summed E-state index contributed by atoms with van der Waals surface area (Å²) < 4.78 is 61.5. The van der Waals surface area contributed by atoms with Crippen molar-refractivity contribution in [1.82, 2.24) is 0 Å². The number of unbranched alkanes of at least 4 members (excludes halogenated alkanes) is 2. The first-order valence-corrected chi connectivity index (χ1v) is 14.2. The van der Waals surface area contributed by atoms with Crippen molar-refractivity contribution in [2.24, 2.45) is 0 Å². The van der Waals surface area contributed by atoms with E-state index in [1.807, 2.05) is 6.07 Å². The van der Waals surface area contributed by atoms with E-state index in [0.29, 0.717) is 30.3 Å². The van der Waals surface area contributed by atoms with Crippen molar-refractivity contribution in [3.05, 3.63) is 83.2 Å². The molecule has 4 rings (SSSR count). The fourth-order valence-electron chi connectivity index (χ4n) is 4.97. The van der Waals surface area contributed by atoms with Crippen LogP contribution in [0.3, 0.4) is 0 Å². The van der Waals surface area contributed by atoms with Crippen LogP contribution in [0.2, 0.25) is 0 Å². The van der Waals surface area contributed by atoms with Crippen molar-refractivity contribution >= 4 is 0 Å². The van der Waals surface area contributed by atoms with Crippen LogP contribution in [0.1, 0.15) is 82.3 Å². The van der Waals surface area contributed by atoms with Gasteiger partial charge in [-0.3, -0.25) is 0 Å². The van der Waals surface area contributed by atoms with Gasteiger partial charge < -0.3 is 14.2 Å². The molecule has 1 aliphatic carbocycles. The van der Waals surface area contributed by atoms with E-state index in [4.69, 9.17) is 14.2 Å². The van der Waals surface area contributed by atoms with Crippen LogP contribution >= 0.6 is 0 Å². The van der Waals surface area contributed by atoms with Gasteiger partial charge in [-0.05, 0) is 79.8 Å². The first kappa shape index (κ1) is 29.0. The fourth-order valence-corrected chi connectivity index (χ4v) is 4.97. The molecule has 1 saturated carbocycles. The van der Waals surface area contributed by atoms with Gasteiger partial charge in [-0.2, -0.15) is 0 Å². The Hall–Kier alpha value is -2.99. The van der Waals surface area contributed by atoms with Crippen LogP contribution in [0.25, 0.3) is 11.1 Å². The maximum atomic E-state index is 14.9. The number of benzene rings is 3. The maximum absolute atomic E-state index is 14.9. The summed E-state index contributed by atoms with van der Waals surface area (Å²) in [6.07, 6.45) is 7.16. The third-order valence-corrected chi connectivity index (χ3v) is 7.43. The molecule has 39 heavy (non-hydrogen) atoms. The summed E-state index contributed by atoms with van der Waals surface area (Å²) in [5.74, 6) is -0.797. The molecule has 3 nitrogen and oxygen atoms in total. The zero-order chi connectivity index (χ0) is 27.6. The fraction of sp³-hybridized carbons (Fsp3) is 0.455. The molecule has 3 aromatic rings. The van der Waals surface area contributed by atoms with E-state index < -0.39 is 11.6 Å². The van der Waals surface area contributed by atoms with Gasteiger partial charge in [0.25, 0.3) is 0 Å². The van der Waals surface area contributed by atoms with Gasteiger partial charge in [-0.15, -0.1) is 0 Å². The van der Waals surface area contributed by atoms with Gasteiger partial charge in [0.1, 0.15) is 5.75 Å². The second-order valence-electron chi connectivity index (χ2n) is 10.3. The Morgan fingerprint density at radius 1 is 0.744 bits per heavy atom. The van der Waals surface area contributed by atoms with Gasteiger partial charge in [0.05, 0.1) is 25.9 Å². The van der Waals surface area contributed by atoms with Crippen LogP contribution in [0, 0.1) is 17.5 Å². The standard InChI is InChI=1S/C33H39F3O3/c1-3-5-19-37-27-15-9-24(10-16-27)29-17-11-26(32(35)33(29)36)22-39-28-13-7-23(8-14-28)25-12-18-31(30(34)21-25)38-20-6-4-2/h9-12,15-18,21,23,28H,3-8,13-14,19-20,22H2,1-2H3. The Balaban J connectivity index is 1.28. The second-order valence-corrected chi connectivity index (χ2v) is 10.3. The molecular formula is C33H39F3O3. The summed E-state index contributed by atoms with van der Waals surface area (Å²) >= 11 is 0. The van der Waals surface area contributed by atoms with Crippen LogP contribution in [0.5, 0.6) is 11.5 Å². The lowest BCUT2D eigenvalue weighted by Gasteiger charge is -2.29. The lowest BCUT2D eigenvalue weighted by Crippen LogP contribution is -2.21. The second kappa shape index (κ2) is 14.4. The molecule has 3 aromatic carbocycles. The lowest BCUT2D eigenvalue weighted by atomic mass is 9.82. The van der Waals surface area contributed by atoms with Gasteiger partial charge in [0.2, 0.25) is 0 Å². The lowest BCUT2D eigenvalue weighted by molar-refractivity contribution is 0.0119. The van der Waals surface area contributed by atoms with E-state index >= 15 is 0 Å². The highest BCUT2D eigenvalue weighted by Gasteiger charge is 2.24. The van der Waals surface area contributed by atoms with Gasteiger partial charge in [0, 0.05) is 11.1 Å². The predicted molar refractivity (Wildman–Crippen MR) is 149 cm³/mol. The van der Waals surface area contributed by atoms with Crippen molar-refractivity contribution in [1.29, 1.82) is 0 Å². The molecule has 0 atom stereocenters. The zero-order valence-electron chi connectivity index (χ0n) is 23.0. The Bertz CT molecular complexity index is 1190. The summed E-state index contributed by atoms with van der Waals surface area (Å²) in [6, 6.07) is 15.5. The monoisotopic (exact) mass is 540 g/mol. The van der Waals surface area contributed by atoms with Crippen molar-refractivity contribution in [3.8, 4) is 22.6 Å². The predicted octanol–water partition coefficient (Wildman–Crippen LogP) is 9.37. The minimum Gasteiger partial charge on any atom is -0.494 e. The average molecular weight is 541 g/mol. The van der Waals surface area contributed by atoms with E-state index in [1.165, 1.54) is 0 Å². The molecule has 0 amide bonds. The van der Waals surface area contributed by atoms with E-state index in [0.717, 1.165) is 56.9 Å². The topological polar surface area (TPSA) is 27.7 Å². The smallest absolute Gasteiger partial charge is 0.167 e. The number of rotatable bonds is 13. The first-order valence-electron chi connectivity index (χ1n) is 14.2. The van der Waals surface area contributed by atoms with Crippen LogP contribution in [0.4, 0.5) is 13.2 Å². The van der Waals surface area contributed by atoms with E-state index in [-0.39, 0.29) is 35.6 Å². The van der Waals surface area contributed by atoms with Gasteiger partial charge in [-0.1, -0.05) is 57.0 Å². The number of ether oxygens (including phenoxy) is 3. The molecule has 0 saturated heterocycles. The molecule has 0 unspecified atom stereocenters. The van der Waals surface area contributed by atoms with Gasteiger partial charge >= 0.3 is 0 Å². The summed E-state index contributed by atoms with van der Waals surface area (Å²) in [7, 11) is 0. The molecule has 0 N–H and O–H groups in total. The Morgan fingerprint density at radius 2 is 1.44 bits per heavy atom. The van der Waals surface area contributed by atoms with Crippen molar-refractivity contribution in [2.75, 3.05) is 13.2 Å². The number of hydrogen-bond acceptors (Lipinski definition) is 3. The van der Waals surface area contributed by atoms with Gasteiger partial charge in [0.15, 0.2) is 23.2 Å². The van der Waals surface area contributed by atoms with Gasteiger partial charge in [-0.25, -0.2) is 13.2 Å². The summed E-state index contributed by atoms with van der Waals surface area (Å²) in [5, 5.41) is 0. The number of hydrogen-bond donors (Lipinski definition) is 0. The highest BCUT2D eigenvalue weighted by molar-refractivity contribution is 5.65. The van der Waals surface area contributed by atoms with Crippen molar-refractivity contribution in [3.63, 3.8) is 0 Å². The van der Waals surface area contributed by atoms with Crippen molar-refractivity contribution < 1.29 is 27.4 Å². The van der Waals surface area contributed by atoms with E-state index in [2.05, 4.69) is 13.8 Å². The summed E-state index contributed by atoms with van der Waals surface area (Å²) in [6.45, 7) is 5.33. The van der Waals surface area contributed by atoms with Crippen molar-refractivity contribution in [2.45, 2.75) is 83.8 Å². The normalized spacial score (nSPS) is 17.3. The molecule has 1 fully saturated rings. The third-order valence-electron chi connectivity index (χ3n) is 7.43. The summed E-state index contributed by atoms with van der Waals surface area (Å²) in [5.41, 5.74) is 1.99. The molecule has 0 aromatic heterocycles. The molecule has 210 valence electrons. The van der Waals surface area contributed by atoms with Crippen LogP contribution in [-0.4, -0.2) is 19.3 Å². The van der Waals surface area contributed by atoms with Crippen LogP contribution in [-0.2, 0) is 11.3 Å². The van der Waals surface area contributed by atoms with Crippen LogP contribution < -0.4 is 9.47 Å². The third kappa shape index (κ3) is 7.78. The minimum absolute atomic E-state index is 0.0149. The molecule has 0 bridgehead atoms. The zero-order valence-corrected chi connectivity index (χ0v) is 23.0. The molecule has 0 aliphatic heterocycles. The quantitative estimate of drug-likeness (QED) is 0.202. The molecule has 0 spiro atoms. The largest absolute Gasteiger partial charge is 0.494 e. The number of halogens is 3. The maximum Gasteiger partial charge on any atom is 0.167 e. The SMILES string of the molecule is CCCCOc1ccc(-c2ccc(COC3CCC(c4ccc(OCCCC)c(F)c4)CC3)c(F)c2F)cc1. The molecule has 0 radical (unpaired) electrons. The van der Waals surface area contributed by atoms with Crippen LogP contribution in [0.15, 0.2) is 54.6 Å². The highest BCUT2D eigenvalue weighted by Crippen LogP contribution is 2.36. The first-order chi connectivity index (χ1) is 19.0. The highest BCUT2D eigenvalue weighted by atomic mass is 19.2.